The summed E-state index contributed by atoms with van der Waals surface area (Å²) in [5, 5.41) is 7.01. The van der Waals surface area contributed by atoms with E-state index in [0.29, 0.717) is 5.17 Å². The van der Waals surface area contributed by atoms with E-state index in [2.05, 4.69) is 15.3 Å². The molecule has 0 aromatic rings. The molecule has 2 aliphatic heterocycles. The van der Waals surface area contributed by atoms with Crippen molar-refractivity contribution in [3.05, 3.63) is 35.2 Å². The maximum atomic E-state index is 12.0. The van der Waals surface area contributed by atoms with Crippen LogP contribution in [0.1, 0.15) is 6.42 Å². The Morgan fingerprint density at radius 2 is 2.19 bits per heavy atom. The molecule has 84 valence electrons. The van der Waals surface area contributed by atoms with E-state index in [1.807, 2.05) is 29.0 Å². The fraction of sp³-hybridized carbons (Fsp3) is 0.182. The van der Waals surface area contributed by atoms with Gasteiger partial charge in [-0.05, 0) is 10.8 Å². The Balaban J connectivity index is 2.44. The molecule has 2 aliphatic rings. The van der Waals surface area contributed by atoms with Crippen molar-refractivity contribution in [3.63, 3.8) is 0 Å². The number of hydrogen-bond donors (Lipinski definition) is 1. The van der Waals surface area contributed by atoms with Crippen LogP contribution < -0.4 is 5.32 Å². The highest BCUT2D eigenvalue weighted by molar-refractivity contribution is 8.59. The first-order valence-corrected chi connectivity index (χ1v) is 6.71. The fourth-order valence-corrected chi connectivity index (χ4v) is 3.70. The Bertz CT molecular complexity index is 434. The van der Waals surface area contributed by atoms with Crippen LogP contribution in [0.2, 0.25) is 0 Å². The molecular formula is C11H13N3OS. The summed E-state index contributed by atoms with van der Waals surface area (Å²) in [6.45, 7) is 0. The van der Waals surface area contributed by atoms with Gasteiger partial charge in [-0.1, -0.05) is 28.3 Å². The molecule has 0 radical (unpaired) electrons. The van der Waals surface area contributed by atoms with Gasteiger partial charge in [0.2, 0.25) is 0 Å². The third-order valence-electron chi connectivity index (χ3n) is 2.24. The predicted molar refractivity (Wildman–Crippen MR) is 70.0 cm³/mol. The summed E-state index contributed by atoms with van der Waals surface area (Å²) < 4.78 is 0. The lowest BCUT2D eigenvalue weighted by molar-refractivity contribution is 0.262. The Kier molecular flexibility index (Phi) is 3.05. The minimum absolute atomic E-state index is 0.0382. The van der Waals surface area contributed by atoms with Crippen LogP contribution in [-0.4, -0.2) is 23.7 Å². The first-order valence-electron chi connectivity index (χ1n) is 4.95. The maximum absolute atomic E-state index is 12.0. The molecule has 0 aromatic carbocycles. The highest BCUT2D eigenvalue weighted by Gasteiger charge is 2.34. The van der Waals surface area contributed by atoms with Crippen LogP contribution >= 0.6 is 10.0 Å². The zero-order valence-electron chi connectivity index (χ0n) is 8.96. The van der Waals surface area contributed by atoms with Crippen LogP contribution in [0.5, 0.6) is 0 Å². The largest absolute Gasteiger partial charge is 0.350 e. The molecule has 0 fully saturated rings. The monoisotopic (exact) mass is 235 g/mol. The smallest absolute Gasteiger partial charge is 0.275 e. The normalized spacial score (nSPS) is 22.7. The summed E-state index contributed by atoms with van der Waals surface area (Å²) in [6.07, 6.45) is 9.90. The molecule has 5 heteroatoms. The van der Waals surface area contributed by atoms with Gasteiger partial charge in [0.25, 0.3) is 5.24 Å². The Hall–Kier alpha value is -1.62. The van der Waals surface area contributed by atoms with E-state index in [1.165, 1.54) is 0 Å². The van der Waals surface area contributed by atoms with Crippen LogP contribution in [-0.2, 0) is 0 Å². The highest BCUT2D eigenvalue weighted by Crippen LogP contribution is 2.56. The number of nitrogens with zero attached hydrogens (tertiary/aromatic N) is 2. The Labute approximate surface area is 95.9 Å². The van der Waals surface area contributed by atoms with E-state index in [1.54, 1.807) is 19.5 Å². The zero-order chi connectivity index (χ0) is 11.4. The van der Waals surface area contributed by atoms with Crippen LogP contribution in [0.25, 0.3) is 0 Å². The number of amidine groups is 1. The second kappa shape index (κ2) is 4.49. The first kappa shape index (κ1) is 10.9. The molecule has 2 rings (SSSR count). The van der Waals surface area contributed by atoms with Gasteiger partial charge < -0.3 is 5.32 Å². The Morgan fingerprint density at radius 3 is 2.88 bits per heavy atom. The van der Waals surface area contributed by atoms with Crippen molar-refractivity contribution >= 4 is 26.6 Å². The molecule has 0 saturated heterocycles. The van der Waals surface area contributed by atoms with Gasteiger partial charge in [-0.3, -0.25) is 4.79 Å². The third-order valence-corrected chi connectivity index (χ3v) is 5.05. The minimum atomic E-state index is -1.83. The SMILES string of the molecule is CNC(=O)S1(C2=NC=CCC=N2)C=CC=C1. The van der Waals surface area contributed by atoms with E-state index < -0.39 is 10.0 Å². The number of nitrogens with one attached hydrogen (secondary N) is 1. The molecule has 16 heavy (non-hydrogen) atoms. The second-order valence-corrected chi connectivity index (χ2v) is 5.95. The summed E-state index contributed by atoms with van der Waals surface area (Å²) in [7, 11) is -0.193. The van der Waals surface area contributed by atoms with Crippen LogP contribution in [0.4, 0.5) is 4.79 Å². The first-order chi connectivity index (χ1) is 7.79. The van der Waals surface area contributed by atoms with Crippen LogP contribution in [0.15, 0.2) is 45.2 Å². The standard InChI is InChI=1S/C11H13N3OS/c1-12-11(15)16(8-4-5-9-16)10-13-6-2-3-7-14-10/h2,4-9H,3H2,1H3,(H,12,15). The average Bonchev–Trinajstić information content (AvgIpc) is 2.65. The van der Waals surface area contributed by atoms with Crippen molar-refractivity contribution in [3.8, 4) is 0 Å². The lowest BCUT2D eigenvalue weighted by Crippen LogP contribution is -2.25. The summed E-state index contributed by atoms with van der Waals surface area (Å²) in [4.78, 5) is 20.5. The van der Waals surface area contributed by atoms with Crippen LogP contribution in [0.3, 0.4) is 0 Å². The molecule has 0 bridgehead atoms. The Morgan fingerprint density at radius 1 is 1.44 bits per heavy atom. The van der Waals surface area contributed by atoms with Gasteiger partial charge in [0.15, 0.2) is 5.17 Å². The van der Waals surface area contributed by atoms with E-state index >= 15 is 0 Å². The summed E-state index contributed by atoms with van der Waals surface area (Å²) in [5.41, 5.74) is 0. The zero-order valence-corrected chi connectivity index (χ0v) is 9.78. The van der Waals surface area contributed by atoms with Gasteiger partial charge in [0.1, 0.15) is 0 Å². The number of allylic oxidation sites excluding steroid dienone is 3. The minimum Gasteiger partial charge on any atom is -0.350 e. The van der Waals surface area contributed by atoms with Gasteiger partial charge in [-0.15, -0.1) is 0 Å². The second-order valence-electron chi connectivity index (χ2n) is 3.25. The van der Waals surface area contributed by atoms with Crippen molar-refractivity contribution in [2.75, 3.05) is 7.05 Å². The average molecular weight is 235 g/mol. The topological polar surface area (TPSA) is 53.8 Å². The lowest BCUT2D eigenvalue weighted by Gasteiger charge is -2.27. The van der Waals surface area contributed by atoms with Gasteiger partial charge in [0, 0.05) is 25.9 Å². The molecule has 1 N–H and O–H groups in total. The van der Waals surface area contributed by atoms with Crippen molar-refractivity contribution in [1.82, 2.24) is 5.32 Å². The van der Waals surface area contributed by atoms with E-state index in [9.17, 15) is 4.79 Å². The van der Waals surface area contributed by atoms with Crippen molar-refractivity contribution in [2.24, 2.45) is 9.98 Å². The molecule has 0 aromatic heterocycles. The quantitative estimate of drug-likeness (QED) is 0.689. The lowest BCUT2D eigenvalue weighted by atomic mass is 10.5. The molecule has 1 amide bonds. The summed E-state index contributed by atoms with van der Waals surface area (Å²) in [5.74, 6) is 0. The summed E-state index contributed by atoms with van der Waals surface area (Å²) >= 11 is 0. The fourth-order valence-electron chi connectivity index (χ4n) is 1.46. The van der Waals surface area contributed by atoms with Gasteiger partial charge in [-0.25, -0.2) is 9.98 Å². The molecular weight excluding hydrogens is 222 g/mol. The van der Waals surface area contributed by atoms with E-state index in [-0.39, 0.29) is 5.24 Å². The van der Waals surface area contributed by atoms with Gasteiger partial charge in [0.05, 0.1) is 0 Å². The number of hydrogen-bond acceptors (Lipinski definition) is 3. The maximum Gasteiger partial charge on any atom is 0.275 e. The predicted octanol–water partition coefficient (Wildman–Crippen LogP) is 2.52. The van der Waals surface area contributed by atoms with Crippen LogP contribution in [0, 0.1) is 0 Å². The number of amides is 1. The number of aliphatic imine (C=N–C) groups is 2. The van der Waals surface area contributed by atoms with Gasteiger partial charge >= 0.3 is 0 Å². The van der Waals surface area contributed by atoms with Crippen molar-refractivity contribution in [1.29, 1.82) is 0 Å². The molecule has 0 saturated carbocycles. The molecule has 0 unspecified atom stereocenters. The van der Waals surface area contributed by atoms with Crippen molar-refractivity contribution in [2.45, 2.75) is 6.42 Å². The number of rotatable bonds is 0. The number of carbonyl (C=O) groups is 1. The number of carbonyl (C=O) groups excluding carboxylic acids is 1. The third kappa shape index (κ3) is 1.74. The van der Waals surface area contributed by atoms with E-state index in [4.69, 9.17) is 0 Å². The van der Waals surface area contributed by atoms with Crippen molar-refractivity contribution < 1.29 is 4.79 Å². The van der Waals surface area contributed by atoms with E-state index in [0.717, 1.165) is 6.42 Å². The highest BCUT2D eigenvalue weighted by atomic mass is 32.3. The van der Waals surface area contributed by atoms with Gasteiger partial charge in [-0.2, -0.15) is 0 Å². The molecule has 0 aliphatic carbocycles. The molecule has 2 heterocycles. The summed E-state index contributed by atoms with van der Waals surface area (Å²) in [6, 6.07) is 0. The molecule has 0 atom stereocenters. The molecule has 4 nitrogen and oxygen atoms in total. The molecule has 0 spiro atoms.